The maximum absolute atomic E-state index is 13.2. The van der Waals surface area contributed by atoms with Gasteiger partial charge in [0, 0.05) is 34.5 Å². The zero-order chi connectivity index (χ0) is 23.0. The highest BCUT2D eigenvalue weighted by Crippen LogP contribution is 2.27. The smallest absolute Gasteiger partial charge is 0.242 e. The van der Waals surface area contributed by atoms with E-state index in [-0.39, 0.29) is 24.1 Å². The standard InChI is InChI=1S/C24H30Cl2N2O2S/c1-5-22(24(30)27-6-2)28(13-19-20(25)8-7-9-21(19)26)23(29)15-31-14-18-11-16(3)10-17(4)12-18/h7-12,22H,5-6,13-15H2,1-4H3,(H,27,30)/t22-/m1/s1. The molecule has 4 nitrogen and oxygen atoms in total. The molecule has 1 atom stereocenters. The van der Waals surface area contributed by atoms with Crippen molar-refractivity contribution in [3.05, 3.63) is 68.7 Å². The number of nitrogens with zero attached hydrogens (tertiary/aromatic N) is 1. The summed E-state index contributed by atoms with van der Waals surface area (Å²) in [4.78, 5) is 27.5. The molecule has 0 aromatic heterocycles. The van der Waals surface area contributed by atoms with Gasteiger partial charge >= 0.3 is 0 Å². The van der Waals surface area contributed by atoms with E-state index in [0.717, 1.165) is 5.75 Å². The van der Waals surface area contributed by atoms with Crippen molar-refractivity contribution in [2.45, 2.75) is 52.5 Å². The molecule has 0 spiro atoms. The van der Waals surface area contributed by atoms with Crippen LogP contribution in [0, 0.1) is 13.8 Å². The first-order chi connectivity index (χ1) is 14.8. The first-order valence-electron chi connectivity index (χ1n) is 10.4. The number of benzene rings is 2. The van der Waals surface area contributed by atoms with E-state index >= 15 is 0 Å². The van der Waals surface area contributed by atoms with Crippen LogP contribution in [-0.4, -0.2) is 35.1 Å². The van der Waals surface area contributed by atoms with Gasteiger partial charge in [-0.25, -0.2) is 0 Å². The molecule has 0 aliphatic carbocycles. The summed E-state index contributed by atoms with van der Waals surface area (Å²) in [5.74, 6) is 0.724. The molecule has 0 saturated carbocycles. The lowest BCUT2D eigenvalue weighted by Gasteiger charge is -2.31. The van der Waals surface area contributed by atoms with Crippen molar-refractivity contribution in [2.75, 3.05) is 12.3 Å². The fourth-order valence-electron chi connectivity index (χ4n) is 3.56. The molecule has 0 fully saturated rings. The van der Waals surface area contributed by atoms with Crippen LogP contribution in [0.15, 0.2) is 36.4 Å². The SMILES string of the molecule is CCNC(=O)[C@@H](CC)N(Cc1c(Cl)cccc1Cl)C(=O)CSCc1cc(C)cc(C)c1. The summed E-state index contributed by atoms with van der Waals surface area (Å²) in [6, 6.07) is 11.1. The molecule has 0 bridgehead atoms. The fraction of sp³-hybridized carbons (Fsp3) is 0.417. The third-order valence-corrected chi connectivity index (χ3v) is 6.60. The van der Waals surface area contributed by atoms with Gasteiger partial charge in [0.1, 0.15) is 6.04 Å². The summed E-state index contributed by atoms with van der Waals surface area (Å²) >= 11 is 14.2. The van der Waals surface area contributed by atoms with Crippen LogP contribution >= 0.6 is 35.0 Å². The van der Waals surface area contributed by atoms with Gasteiger partial charge in [0.05, 0.1) is 5.75 Å². The number of likely N-dealkylation sites (N-methyl/N-ethyl adjacent to an activating group) is 1. The van der Waals surface area contributed by atoms with E-state index in [1.54, 1.807) is 34.9 Å². The Hall–Kier alpha value is -1.69. The minimum absolute atomic E-state index is 0.108. The second kappa shape index (κ2) is 12.4. The number of amides is 2. The molecule has 0 heterocycles. The number of nitrogens with one attached hydrogen (secondary N) is 1. The first kappa shape index (κ1) is 25.6. The van der Waals surface area contributed by atoms with Gasteiger partial charge in [0.2, 0.25) is 11.8 Å². The van der Waals surface area contributed by atoms with Crippen molar-refractivity contribution >= 4 is 46.8 Å². The lowest BCUT2D eigenvalue weighted by molar-refractivity contribution is -0.139. The lowest BCUT2D eigenvalue weighted by Crippen LogP contribution is -2.49. The molecule has 2 amide bonds. The van der Waals surface area contributed by atoms with E-state index in [2.05, 4.69) is 37.4 Å². The van der Waals surface area contributed by atoms with Gasteiger partial charge in [-0.15, -0.1) is 11.8 Å². The summed E-state index contributed by atoms with van der Waals surface area (Å²) in [7, 11) is 0. The minimum Gasteiger partial charge on any atom is -0.355 e. The topological polar surface area (TPSA) is 49.4 Å². The Kier molecular flexibility index (Phi) is 10.2. The Morgan fingerprint density at radius 2 is 1.68 bits per heavy atom. The predicted octanol–water partition coefficient (Wildman–Crippen LogP) is 5.79. The predicted molar refractivity (Wildman–Crippen MR) is 132 cm³/mol. The van der Waals surface area contributed by atoms with Gasteiger partial charge in [-0.2, -0.15) is 0 Å². The quantitative estimate of drug-likeness (QED) is 0.468. The zero-order valence-corrected chi connectivity index (χ0v) is 20.8. The Balaban J connectivity index is 2.19. The highest BCUT2D eigenvalue weighted by atomic mass is 35.5. The molecule has 0 aliphatic heterocycles. The highest BCUT2D eigenvalue weighted by molar-refractivity contribution is 7.99. The first-order valence-corrected chi connectivity index (χ1v) is 12.3. The van der Waals surface area contributed by atoms with Crippen molar-refractivity contribution in [3.63, 3.8) is 0 Å². The number of halogens is 2. The van der Waals surface area contributed by atoms with Gasteiger partial charge in [0.15, 0.2) is 0 Å². The van der Waals surface area contributed by atoms with E-state index in [1.165, 1.54) is 16.7 Å². The second-order valence-corrected chi connectivity index (χ2v) is 9.33. The van der Waals surface area contributed by atoms with E-state index in [1.807, 2.05) is 13.8 Å². The molecule has 0 unspecified atom stereocenters. The Labute approximate surface area is 199 Å². The molecule has 168 valence electrons. The number of hydrogen-bond acceptors (Lipinski definition) is 3. The summed E-state index contributed by atoms with van der Waals surface area (Å²) in [6.07, 6.45) is 0.501. The third kappa shape index (κ3) is 7.44. The van der Waals surface area contributed by atoms with Crippen molar-refractivity contribution in [1.29, 1.82) is 0 Å². The Morgan fingerprint density at radius 3 is 2.23 bits per heavy atom. The monoisotopic (exact) mass is 480 g/mol. The molecule has 0 aliphatic rings. The Morgan fingerprint density at radius 1 is 1.06 bits per heavy atom. The fourth-order valence-corrected chi connectivity index (χ4v) is 4.92. The van der Waals surface area contributed by atoms with Crippen LogP contribution in [0.25, 0.3) is 0 Å². The van der Waals surface area contributed by atoms with Crippen LogP contribution in [0.1, 0.15) is 42.5 Å². The summed E-state index contributed by atoms with van der Waals surface area (Å²) < 4.78 is 0. The van der Waals surface area contributed by atoms with E-state index in [4.69, 9.17) is 23.2 Å². The average Bonchev–Trinajstić information content (AvgIpc) is 2.69. The number of thioether (sulfide) groups is 1. The summed E-state index contributed by atoms with van der Waals surface area (Å²) in [5.41, 5.74) is 4.26. The van der Waals surface area contributed by atoms with Crippen LogP contribution < -0.4 is 5.32 Å². The lowest BCUT2D eigenvalue weighted by atomic mass is 10.1. The largest absolute Gasteiger partial charge is 0.355 e. The number of aryl methyl sites for hydroxylation is 2. The molecule has 2 rings (SSSR count). The normalized spacial score (nSPS) is 11.8. The van der Waals surface area contributed by atoms with Gasteiger partial charge in [0.25, 0.3) is 0 Å². The maximum atomic E-state index is 13.2. The molecule has 2 aromatic carbocycles. The van der Waals surface area contributed by atoms with Crippen molar-refractivity contribution < 1.29 is 9.59 Å². The molecule has 31 heavy (non-hydrogen) atoms. The molecular weight excluding hydrogens is 451 g/mol. The highest BCUT2D eigenvalue weighted by Gasteiger charge is 2.29. The van der Waals surface area contributed by atoms with Crippen LogP contribution in [0.5, 0.6) is 0 Å². The van der Waals surface area contributed by atoms with E-state index in [9.17, 15) is 9.59 Å². The second-order valence-electron chi connectivity index (χ2n) is 7.53. The van der Waals surface area contributed by atoms with Gasteiger partial charge < -0.3 is 10.2 Å². The molecule has 1 N–H and O–H groups in total. The molecule has 0 radical (unpaired) electrons. The Bertz CT molecular complexity index is 880. The van der Waals surface area contributed by atoms with Gasteiger partial charge in [-0.3, -0.25) is 9.59 Å². The molecule has 2 aromatic rings. The van der Waals surface area contributed by atoms with Crippen LogP contribution in [-0.2, 0) is 21.9 Å². The molecular formula is C24H30Cl2N2O2S. The maximum Gasteiger partial charge on any atom is 0.242 e. The number of carbonyl (C=O) groups is 2. The summed E-state index contributed by atoms with van der Waals surface area (Å²) in [5, 5.41) is 3.81. The number of rotatable bonds is 10. The van der Waals surface area contributed by atoms with E-state index in [0.29, 0.717) is 28.6 Å². The minimum atomic E-state index is -0.582. The van der Waals surface area contributed by atoms with Crippen molar-refractivity contribution in [2.24, 2.45) is 0 Å². The molecule has 7 heteroatoms. The number of hydrogen-bond donors (Lipinski definition) is 1. The molecule has 0 saturated heterocycles. The average molecular weight is 481 g/mol. The van der Waals surface area contributed by atoms with Crippen LogP contribution in [0.4, 0.5) is 0 Å². The van der Waals surface area contributed by atoms with Gasteiger partial charge in [-0.1, -0.05) is 65.5 Å². The van der Waals surface area contributed by atoms with Crippen LogP contribution in [0.2, 0.25) is 10.0 Å². The summed E-state index contributed by atoms with van der Waals surface area (Å²) in [6.45, 7) is 8.60. The van der Waals surface area contributed by atoms with Crippen molar-refractivity contribution in [3.8, 4) is 0 Å². The van der Waals surface area contributed by atoms with E-state index < -0.39 is 6.04 Å². The van der Waals surface area contributed by atoms with Gasteiger partial charge in [-0.05, 0) is 44.9 Å². The number of carbonyl (C=O) groups excluding carboxylic acids is 2. The van der Waals surface area contributed by atoms with Crippen LogP contribution in [0.3, 0.4) is 0 Å². The van der Waals surface area contributed by atoms with Crippen molar-refractivity contribution in [1.82, 2.24) is 10.2 Å². The zero-order valence-electron chi connectivity index (χ0n) is 18.5. The third-order valence-electron chi connectivity index (χ3n) is 4.90.